The number of aromatic nitrogens is 1. The molecule has 0 saturated carbocycles. The quantitative estimate of drug-likeness (QED) is 0.641. The van der Waals surface area contributed by atoms with Crippen molar-refractivity contribution in [3.05, 3.63) is 54.4 Å². The van der Waals surface area contributed by atoms with E-state index in [1.165, 1.54) is 24.4 Å². The van der Waals surface area contributed by atoms with E-state index in [1.54, 1.807) is 12.1 Å². The standard InChI is InChI=1S/C13H8F3NO3/c14-13(15,16)20-10-5-3-4-9(8-10)19-12(18)11-6-1-2-7-17-11/h1-8H. The highest BCUT2D eigenvalue weighted by Crippen LogP contribution is 2.26. The molecule has 1 aromatic heterocycles. The second-order valence-corrected chi connectivity index (χ2v) is 3.63. The maximum atomic E-state index is 12.1. The Kier molecular flexibility index (Phi) is 3.88. The number of nitrogens with zero attached hydrogens (tertiary/aromatic N) is 1. The molecule has 0 bridgehead atoms. The van der Waals surface area contributed by atoms with Crippen LogP contribution in [0.4, 0.5) is 13.2 Å². The number of hydrogen-bond donors (Lipinski definition) is 0. The molecule has 0 amide bonds. The lowest BCUT2D eigenvalue weighted by molar-refractivity contribution is -0.274. The molecule has 0 N–H and O–H groups in total. The Morgan fingerprint density at radius 3 is 2.45 bits per heavy atom. The second-order valence-electron chi connectivity index (χ2n) is 3.63. The number of alkyl halides is 3. The Morgan fingerprint density at radius 1 is 1.05 bits per heavy atom. The zero-order chi connectivity index (χ0) is 14.6. The number of pyridine rings is 1. The van der Waals surface area contributed by atoms with Crippen molar-refractivity contribution in [3.63, 3.8) is 0 Å². The lowest BCUT2D eigenvalue weighted by Crippen LogP contribution is -2.17. The van der Waals surface area contributed by atoms with Crippen LogP contribution in [0.5, 0.6) is 11.5 Å². The minimum atomic E-state index is -4.80. The van der Waals surface area contributed by atoms with Crippen LogP contribution in [0.2, 0.25) is 0 Å². The molecule has 7 heteroatoms. The van der Waals surface area contributed by atoms with E-state index in [0.29, 0.717) is 0 Å². The van der Waals surface area contributed by atoms with Gasteiger partial charge in [0.05, 0.1) is 0 Å². The minimum absolute atomic E-state index is 0.0506. The van der Waals surface area contributed by atoms with Crippen LogP contribution in [0, 0.1) is 0 Å². The molecule has 1 aromatic carbocycles. The number of carbonyl (C=O) groups excluding carboxylic acids is 1. The average Bonchev–Trinajstić information content (AvgIpc) is 2.38. The van der Waals surface area contributed by atoms with Crippen molar-refractivity contribution in [2.75, 3.05) is 0 Å². The molecule has 0 saturated heterocycles. The largest absolute Gasteiger partial charge is 0.573 e. The SMILES string of the molecule is O=C(Oc1cccc(OC(F)(F)F)c1)c1ccccn1. The molecule has 0 unspecified atom stereocenters. The van der Waals surface area contributed by atoms with Gasteiger partial charge >= 0.3 is 12.3 Å². The van der Waals surface area contributed by atoms with Crippen molar-refractivity contribution >= 4 is 5.97 Å². The van der Waals surface area contributed by atoms with E-state index < -0.39 is 18.1 Å². The van der Waals surface area contributed by atoms with Gasteiger partial charge in [0.1, 0.15) is 17.2 Å². The number of esters is 1. The molecule has 0 aliphatic heterocycles. The predicted octanol–water partition coefficient (Wildman–Crippen LogP) is 3.20. The molecule has 20 heavy (non-hydrogen) atoms. The minimum Gasteiger partial charge on any atom is -0.422 e. The first-order valence-electron chi connectivity index (χ1n) is 5.43. The third-order valence-corrected chi connectivity index (χ3v) is 2.12. The van der Waals surface area contributed by atoms with Gasteiger partial charge in [-0.1, -0.05) is 12.1 Å². The number of ether oxygens (including phenoxy) is 2. The lowest BCUT2D eigenvalue weighted by atomic mass is 10.3. The Labute approximate surface area is 111 Å². The van der Waals surface area contributed by atoms with Crippen LogP contribution in [-0.2, 0) is 0 Å². The van der Waals surface area contributed by atoms with Crippen LogP contribution in [0.15, 0.2) is 48.7 Å². The lowest BCUT2D eigenvalue weighted by Gasteiger charge is -2.10. The Balaban J connectivity index is 2.10. The van der Waals surface area contributed by atoms with Gasteiger partial charge in [-0.3, -0.25) is 0 Å². The van der Waals surface area contributed by atoms with Crippen molar-refractivity contribution in [1.29, 1.82) is 0 Å². The van der Waals surface area contributed by atoms with E-state index in [-0.39, 0.29) is 11.4 Å². The van der Waals surface area contributed by atoms with Crippen LogP contribution >= 0.6 is 0 Å². The molecule has 0 fully saturated rings. The van der Waals surface area contributed by atoms with Crippen molar-refractivity contribution in [2.24, 2.45) is 0 Å². The maximum absolute atomic E-state index is 12.1. The topological polar surface area (TPSA) is 48.4 Å². The summed E-state index contributed by atoms with van der Waals surface area (Å²) in [6.45, 7) is 0. The van der Waals surface area contributed by atoms with Crippen molar-refractivity contribution in [1.82, 2.24) is 4.98 Å². The molecule has 2 rings (SSSR count). The first-order valence-corrected chi connectivity index (χ1v) is 5.43. The van der Waals surface area contributed by atoms with Gasteiger partial charge in [-0.2, -0.15) is 0 Å². The van der Waals surface area contributed by atoms with Gasteiger partial charge in [-0.25, -0.2) is 9.78 Å². The first kappa shape index (κ1) is 13.9. The number of hydrogen-bond acceptors (Lipinski definition) is 4. The summed E-state index contributed by atoms with van der Waals surface area (Å²) in [6.07, 6.45) is -3.40. The maximum Gasteiger partial charge on any atom is 0.573 e. The smallest absolute Gasteiger partial charge is 0.422 e. The van der Waals surface area contributed by atoms with Crippen LogP contribution in [0.3, 0.4) is 0 Å². The number of carbonyl (C=O) groups is 1. The van der Waals surface area contributed by atoms with Crippen molar-refractivity contribution < 1.29 is 27.4 Å². The molecule has 4 nitrogen and oxygen atoms in total. The summed E-state index contributed by atoms with van der Waals surface area (Å²) in [5, 5.41) is 0. The Bertz CT molecular complexity index is 599. The van der Waals surface area contributed by atoms with Gasteiger partial charge in [-0.05, 0) is 24.3 Å². The van der Waals surface area contributed by atoms with Gasteiger partial charge in [0.25, 0.3) is 0 Å². The predicted molar refractivity (Wildman–Crippen MR) is 62.3 cm³/mol. The molecule has 104 valence electrons. The van der Waals surface area contributed by atoms with Gasteiger partial charge < -0.3 is 9.47 Å². The summed E-state index contributed by atoms with van der Waals surface area (Å²) in [5.74, 6) is -1.30. The summed E-state index contributed by atoms with van der Waals surface area (Å²) in [6, 6.07) is 9.33. The van der Waals surface area contributed by atoms with E-state index in [4.69, 9.17) is 4.74 Å². The number of halogens is 3. The molecule has 0 aliphatic rings. The third kappa shape index (κ3) is 3.98. The number of benzene rings is 1. The zero-order valence-corrected chi connectivity index (χ0v) is 9.92. The fourth-order valence-corrected chi connectivity index (χ4v) is 1.38. The van der Waals surface area contributed by atoms with Crippen LogP contribution < -0.4 is 9.47 Å². The molecule has 0 radical (unpaired) electrons. The molecule has 2 aromatic rings. The highest BCUT2D eigenvalue weighted by molar-refractivity contribution is 5.88. The van der Waals surface area contributed by atoms with Crippen molar-refractivity contribution in [3.8, 4) is 11.5 Å². The van der Waals surface area contributed by atoms with Crippen LogP contribution in [0.1, 0.15) is 10.5 Å². The summed E-state index contributed by atoms with van der Waals surface area (Å²) in [7, 11) is 0. The van der Waals surface area contributed by atoms with E-state index >= 15 is 0 Å². The van der Waals surface area contributed by atoms with Gasteiger partial charge in [0, 0.05) is 12.3 Å². The van der Waals surface area contributed by atoms with Gasteiger partial charge in [0.15, 0.2) is 0 Å². The summed E-state index contributed by atoms with van der Waals surface area (Å²) < 4.78 is 44.8. The van der Waals surface area contributed by atoms with E-state index in [2.05, 4.69) is 9.72 Å². The van der Waals surface area contributed by atoms with Crippen LogP contribution in [0.25, 0.3) is 0 Å². The normalized spacial score (nSPS) is 10.9. The second kappa shape index (κ2) is 5.60. The Morgan fingerprint density at radius 2 is 1.80 bits per heavy atom. The summed E-state index contributed by atoms with van der Waals surface area (Å²) in [4.78, 5) is 15.4. The van der Waals surface area contributed by atoms with Gasteiger partial charge in [0.2, 0.25) is 0 Å². The average molecular weight is 283 g/mol. The zero-order valence-electron chi connectivity index (χ0n) is 9.92. The number of rotatable bonds is 3. The van der Waals surface area contributed by atoms with Gasteiger partial charge in [-0.15, -0.1) is 13.2 Å². The Hall–Kier alpha value is -2.57. The highest BCUT2D eigenvalue weighted by atomic mass is 19.4. The van der Waals surface area contributed by atoms with Crippen LogP contribution in [-0.4, -0.2) is 17.3 Å². The first-order chi connectivity index (χ1) is 9.44. The fraction of sp³-hybridized carbons (Fsp3) is 0.0769. The molecule has 0 atom stereocenters. The molecule has 0 spiro atoms. The molecular formula is C13H8F3NO3. The monoisotopic (exact) mass is 283 g/mol. The summed E-state index contributed by atoms with van der Waals surface area (Å²) in [5.41, 5.74) is 0.0506. The molecular weight excluding hydrogens is 275 g/mol. The molecule has 1 heterocycles. The van der Waals surface area contributed by atoms with E-state index in [0.717, 1.165) is 12.1 Å². The third-order valence-electron chi connectivity index (χ3n) is 2.12. The molecule has 0 aliphatic carbocycles. The van der Waals surface area contributed by atoms with Crippen molar-refractivity contribution in [2.45, 2.75) is 6.36 Å². The summed E-state index contributed by atoms with van der Waals surface area (Å²) >= 11 is 0. The van der Waals surface area contributed by atoms with E-state index in [1.807, 2.05) is 0 Å². The fourth-order valence-electron chi connectivity index (χ4n) is 1.38. The van der Waals surface area contributed by atoms with E-state index in [9.17, 15) is 18.0 Å². The highest BCUT2D eigenvalue weighted by Gasteiger charge is 2.31.